The van der Waals surface area contributed by atoms with E-state index in [-0.39, 0.29) is 17.7 Å². The second kappa shape index (κ2) is 7.77. The maximum Gasteiger partial charge on any atom is 0.233 e. The summed E-state index contributed by atoms with van der Waals surface area (Å²) in [4.78, 5) is 27.3. The maximum absolute atomic E-state index is 13.2. The minimum absolute atomic E-state index is 0.0408. The Hall–Kier alpha value is -1.55. The van der Waals surface area contributed by atoms with Gasteiger partial charge in [0.1, 0.15) is 0 Å². The van der Waals surface area contributed by atoms with E-state index >= 15 is 0 Å². The van der Waals surface area contributed by atoms with Crippen LogP contribution in [-0.4, -0.2) is 36.3 Å². The van der Waals surface area contributed by atoms with E-state index in [1.807, 2.05) is 29.2 Å². The van der Waals surface area contributed by atoms with E-state index in [9.17, 15) is 9.59 Å². The number of carbonyl (C=O) groups is 2. The molecule has 4 nitrogen and oxygen atoms in total. The molecule has 1 aliphatic heterocycles. The fourth-order valence-electron chi connectivity index (χ4n) is 3.98. The Morgan fingerprint density at radius 2 is 2.00 bits per heavy atom. The molecule has 0 bridgehead atoms. The van der Waals surface area contributed by atoms with Crippen LogP contribution in [0.25, 0.3) is 0 Å². The van der Waals surface area contributed by atoms with Gasteiger partial charge in [0.05, 0.1) is 5.41 Å². The minimum atomic E-state index is -0.401. The van der Waals surface area contributed by atoms with Crippen molar-refractivity contribution in [3.05, 3.63) is 34.9 Å². The van der Waals surface area contributed by atoms with Gasteiger partial charge in [0.25, 0.3) is 0 Å². The summed E-state index contributed by atoms with van der Waals surface area (Å²) in [6.07, 6.45) is 5.32. The standard InChI is InChI=1S/C20H27ClN2O2/c1-2-11-22-18(24)15-7-12-23(13-8-15)19(25)20(9-4-10-20)16-5-3-6-17(21)14-16/h3,5-6,14-15H,2,4,7-13H2,1H3,(H,22,24). The fourth-order valence-corrected chi connectivity index (χ4v) is 4.17. The Morgan fingerprint density at radius 3 is 2.56 bits per heavy atom. The Bertz CT molecular complexity index is 634. The number of piperidine rings is 1. The van der Waals surface area contributed by atoms with E-state index in [1.54, 1.807) is 0 Å². The normalized spacial score (nSPS) is 20.0. The van der Waals surface area contributed by atoms with Crippen molar-refractivity contribution in [1.29, 1.82) is 0 Å². The second-order valence-corrected chi connectivity index (χ2v) is 7.74. The summed E-state index contributed by atoms with van der Waals surface area (Å²) in [5.74, 6) is 0.398. The maximum atomic E-state index is 13.2. The number of carbonyl (C=O) groups excluding carboxylic acids is 2. The molecular formula is C20H27ClN2O2. The smallest absolute Gasteiger partial charge is 0.233 e. The Morgan fingerprint density at radius 1 is 1.28 bits per heavy atom. The summed E-state index contributed by atoms with van der Waals surface area (Å²) in [5, 5.41) is 3.66. The van der Waals surface area contributed by atoms with Crippen LogP contribution >= 0.6 is 11.6 Å². The van der Waals surface area contributed by atoms with Gasteiger partial charge in [-0.15, -0.1) is 0 Å². The highest BCUT2D eigenvalue weighted by molar-refractivity contribution is 6.30. The van der Waals surface area contributed by atoms with Crippen LogP contribution in [-0.2, 0) is 15.0 Å². The van der Waals surface area contributed by atoms with Gasteiger partial charge in [-0.05, 0) is 49.8 Å². The fraction of sp³-hybridized carbons (Fsp3) is 0.600. The summed E-state index contributed by atoms with van der Waals surface area (Å²) in [6.45, 7) is 4.13. The largest absolute Gasteiger partial charge is 0.356 e. The summed E-state index contributed by atoms with van der Waals surface area (Å²) >= 11 is 6.15. The van der Waals surface area contributed by atoms with Crippen molar-refractivity contribution in [2.75, 3.05) is 19.6 Å². The molecule has 1 N–H and O–H groups in total. The molecule has 1 aliphatic carbocycles. The van der Waals surface area contributed by atoms with Gasteiger partial charge in [0.2, 0.25) is 11.8 Å². The average molecular weight is 363 g/mol. The molecule has 2 amide bonds. The Kier molecular flexibility index (Phi) is 5.67. The zero-order valence-electron chi connectivity index (χ0n) is 14.9. The molecule has 0 spiro atoms. The number of amides is 2. The molecule has 1 saturated carbocycles. The highest BCUT2D eigenvalue weighted by Crippen LogP contribution is 2.46. The number of nitrogens with zero attached hydrogens (tertiary/aromatic N) is 1. The zero-order valence-corrected chi connectivity index (χ0v) is 15.6. The van der Waals surface area contributed by atoms with Crippen molar-refractivity contribution in [1.82, 2.24) is 10.2 Å². The quantitative estimate of drug-likeness (QED) is 0.871. The van der Waals surface area contributed by atoms with Gasteiger partial charge in [-0.3, -0.25) is 9.59 Å². The molecule has 136 valence electrons. The molecule has 5 heteroatoms. The predicted molar refractivity (Wildman–Crippen MR) is 99.6 cm³/mol. The number of hydrogen-bond donors (Lipinski definition) is 1. The lowest BCUT2D eigenvalue weighted by molar-refractivity contribution is -0.144. The SMILES string of the molecule is CCCNC(=O)C1CCN(C(=O)C2(c3cccc(Cl)c3)CCC2)CC1. The molecule has 3 rings (SSSR count). The van der Waals surface area contributed by atoms with Gasteiger partial charge >= 0.3 is 0 Å². The molecule has 2 aliphatic rings. The minimum Gasteiger partial charge on any atom is -0.356 e. The van der Waals surface area contributed by atoms with Crippen LogP contribution in [0.1, 0.15) is 51.0 Å². The monoisotopic (exact) mass is 362 g/mol. The van der Waals surface area contributed by atoms with E-state index in [1.165, 1.54) is 0 Å². The molecule has 1 aromatic rings. The molecule has 1 heterocycles. The summed E-state index contributed by atoms with van der Waals surface area (Å²) < 4.78 is 0. The third-order valence-electron chi connectivity index (χ3n) is 5.70. The Labute approximate surface area is 154 Å². The van der Waals surface area contributed by atoms with Gasteiger partial charge in [0.15, 0.2) is 0 Å². The third kappa shape index (κ3) is 3.69. The van der Waals surface area contributed by atoms with Crippen LogP contribution in [0.4, 0.5) is 0 Å². The van der Waals surface area contributed by atoms with Crippen LogP contribution in [0.2, 0.25) is 5.02 Å². The van der Waals surface area contributed by atoms with Crippen molar-refractivity contribution in [3.63, 3.8) is 0 Å². The molecule has 1 aromatic carbocycles. The first kappa shape index (κ1) is 18.2. The summed E-state index contributed by atoms with van der Waals surface area (Å²) in [7, 11) is 0. The number of hydrogen-bond acceptors (Lipinski definition) is 2. The number of likely N-dealkylation sites (tertiary alicyclic amines) is 1. The lowest BCUT2D eigenvalue weighted by Gasteiger charge is -2.45. The average Bonchev–Trinajstić information content (AvgIpc) is 2.59. The van der Waals surface area contributed by atoms with Gasteiger partial charge in [-0.25, -0.2) is 0 Å². The molecule has 1 saturated heterocycles. The van der Waals surface area contributed by atoms with Crippen LogP contribution < -0.4 is 5.32 Å². The first-order valence-corrected chi connectivity index (χ1v) is 9.78. The van der Waals surface area contributed by atoms with E-state index in [2.05, 4.69) is 12.2 Å². The van der Waals surface area contributed by atoms with E-state index in [0.717, 1.165) is 50.6 Å². The highest BCUT2D eigenvalue weighted by atomic mass is 35.5. The van der Waals surface area contributed by atoms with Crippen molar-refractivity contribution < 1.29 is 9.59 Å². The number of rotatable bonds is 5. The van der Waals surface area contributed by atoms with Crippen LogP contribution in [0, 0.1) is 5.92 Å². The van der Waals surface area contributed by atoms with E-state index in [0.29, 0.717) is 18.1 Å². The number of halogens is 1. The zero-order chi connectivity index (χ0) is 17.9. The van der Waals surface area contributed by atoms with Crippen molar-refractivity contribution >= 4 is 23.4 Å². The van der Waals surface area contributed by atoms with Gasteiger partial charge in [0, 0.05) is 30.6 Å². The van der Waals surface area contributed by atoms with Crippen LogP contribution in [0.15, 0.2) is 24.3 Å². The van der Waals surface area contributed by atoms with Crippen molar-refractivity contribution in [2.24, 2.45) is 5.92 Å². The van der Waals surface area contributed by atoms with Crippen molar-refractivity contribution in [3.8, 4) is 0 Å². The molecular weight excluding hydrogens is 336 g/mol. The number of nitrogens with one attached hydrogen (secondary N) is 1. The molecule has 0 radical (unpaired) electrons. The third-order valence-corrected chi connectivity index (χ3v) is 5.93. The predicted octanol–water partition coefficient (Wildman–Crippen LogP) is 3.53. The molecule has 0 aromatic heterocycles. The lowest BCUT2D eigenvalue weighted by Crippen LogP contribution is -2.53. The lowest BCUT2D eigenvalue weighted by atomic mass is 9.63. The molecule has 0 atom stereocenters. The molecule has 0 unspecified atom stereocenters. The van der Waals surface area contributed by atoms with Gasteiger partial charge < -0.3 is 10.2 Å². The van der Waals surface area contributed by atoms with E-state index < -0.39 is 5.41 Å². The summed E-state index contributed by atoms with van der Waals surface area (Å²) in [5.41, 5.74) is 0.640. The first-order valence-electron chi connectivity index (χ1n) is 9.40. The highest BCUT2D eigenvalue weighted by Gasteiger charge is 2.48. The first-order chi connectivity index (χ1) is 12.1. The second-order valence-electron chi connectivity index (χ2n) is 7.30. The van der Waals surface area contributed by atoms with E-state index in [4.69, 9.17) is 11.6 Å². The molecule has 2 fully saturated rings. The van der Waals surface area contributed by atoms with Crippen molar-refractivity contribution in [2.45, 2.75) is 50.9 Å². The van der Waals surface area contributed by atoms with Gasteiger partial charge in [-0.2, -0.15) is 0 Å². The van der Waals surface area contributed by atoms with Gasteiger partial charge in [-0.1, -0.05) is 37.1 Å². The van der Waals surface area contributed by atoms with Crippen LogP contribution in [0.3, 0.4) is 0 Å². The molecule has 25 heavy (non-hydrogen) atoms. The number of benzene rings is 1. The van der Waals surface area contributed by atoms with Crippen LogP contribution in [0.5, 0.6) is 0 Å². The summed E-state index contributed by atoms with van der Waals surface area (Å²) in [6, 6.07) is 7.73. The Balaban J connectivity index is 1.65. The topological polar surface area (TPSA) is 49.4 Å².